The molecule has 0 aromatic heterocycles. The van der Waals surface area contributed by atoms with E-state index in [1.54, 1.807) is 0 Å². The molecule has 0 saturated carbocycles. The molecule has 84 valence electrons. The van der Waals surface area contributed by atoms with Gasteiger partial charge in [0.25, 0.3) is 0 Å². The van der Waals surface area contributed by atoms with E-state index in [0.717, 1.165) is 25.8 Å². The van der Waals surface area contributed by atoms with Gasteiger partial charge in [-0.15, -0.1) is 0 Å². The Morgan fingerprint density at radius 1 is 1.43 bits per heavy atom. The topological polar surface area (TPSA) is 23.5 Å². The number of hydrogen-bond acceptors (Lipinski definition) is 2. The lowest BCUT2D eigenvalue weighted by Crippen LogP contribution is -2.42. The van der Waals surface area contributed by atoms with E-state index in [1.165, 1.54) is 0 Å². The Hall–Kier alpha value is -0.290. The highest BCUT2D eigenvalue weighted by atomic mass is 19.4. The largest absolute Gasteiger partial charge is 0.414 e. The molecule has 14 heavy (non-hydrogen) atoms. The minimum Gasteiger partial charge on any atom is -0.384 e. The van der Waals surface area contributed by atoms with Crippen molar-refractivity contribution in [1.82, 2.24) is 4.90 Å². The van der Waals surface area contributed by atoms with Gasteiger partial charge in [-0.3, -0.25) is 0 Å². The number of hydrogen-bond donors (Lipinski definition) is 1. The van der Waals surface area contributed by atoms with E-state index in [9.17, 15) is 13.2 Å². The first-order valence-corrected chi connectivity index (χ1v) is 4.86. The fraction of sp³-hybridized carbons (Fsp3) is 1.00. The zero-order valence-corrected chi connectivity index (χ0v) is 8.22. The lowest BCUT2D eigenvalue weighted by molar-refractivity contribution is -0.209. The van der Waals surface area contributed by atoms with Crippen molar-refractivity contribution in [2.24, 2.45) is 0 Å². The Balaban J connectivity index is 2.42. The number of rotatable bonds is 2. The maximum atomic E-state index is 12.1. The van der Waals surface area contributed by atoms with Crippen LogP contribution in [0.2, 0.25) is 0 Å². The van der Waals surface area contributed by atoms with E-state index >= 15 is 0 Å². The van der Waals surface area contributed by atoms with Crippen LogP contribution in [-0.4, -0.2) is 41.9 Å². The van der Waals surface area contributed by atoms with E-state index < -0.39 is 12.3 Å². The molecule has 1 heterocycles. The fourth-order valence-electron chi connectivity index (χ4n) is 1.83. The van der Waals surface area contributed by atoms with Crippen LogP contribution in [0.15, 0.2) is 0 Å². The molecule has 2 nitrogen and oxygen atoms in total. The Kier molecular flexibility index (Phi) is 3.78. The molecule has 0 amide bonds. The van der Waals surface area contributed by atoms with Crippen LogP contribution in [0.1, 0.15) is 25.7 Å². The van der Waals surface area contributed by atoms with Crippen LogP contribution >= 0.6 is 0 Å². The molecule has 1 aliphatic heterocycles. The van der Waals surface area contributed by atoms with Crippen molar-refractivity contribution < 1.29 is 18.3 Å². The number of nitrogens with zero attached hydrogens (tertiary/aromatic N) is 1. The third-order valence-electron chi connectivity index (χ3n) is 2.79. The highest BCUT2D eigenvalue weighted by molar-refractivity contribution is 4.79. The van der Waals surface area contributed by atoms with Crippen molar-refractivity contribution in [2.45, 2.75) is 44.0 Å². The Labute approximate surface area is 81.7 Å². The summed E-state index contributed by atoms with van der Waals surface area (Å²) in [7, 11) is 1.81. The lowest BCUT2D eigenvalue weighted by atomic mass is 9.97. The predicted molar refractivity (Wildman–Crippen MR) is 46.9 cm³/mol. The number of halogens is 3. The minimum absolute atomic E-state index is 0.125. The van der Waals surface area contributed by atoms with Gasteiger partial charge in [-0.1, -0.05) is 6.42 Å². The van der Waals surface area contributed by atoms with Gasteiger partial charge in [0.1, 0.15) is 0 Å². The molecule has 1 saturated heterocycles. The number of aliphatic hydroxyl groups excluding tert-OH is 1. The maximum Gasteiger partial charge on any atom is 0.414 e. The highest BCUT2D eigenvalue weighted by Gasteiger charge is 2.40. The van der Waals surface area contributed by atoms with E-state index in [1.807, 2.05) is 11.9 Å². The van der Waals surface area contributed by atoms with Gasteiger partial charge in [-0.05, 0) is 32.9 Å². The Morgan fingerprint density at radius 3 is 2.57 bits per heavy atom. The molecule has 0 aromatic rings. The van der Waals surface area contributed by atoms with Gasteiger partial charge in [-0.25, -0.2) is 0 Å². The second-order valence-electron chi connectivity index (χ2n) is 3.92. The van der Waals surface area contributed by atoms with Crippen LogP contribution in [-0.2, 0) is 0 Å². The van der Waals surface area contributed by atoms with Crippen LogP contribution in [0.5, 0.6) is 0 Å². The normalized spacial score (nSPS) is 27.6. The number of aliphatic hydroxyl groups is 1. The van der Waals surface area contributed by atoms with Crippen molar-refractivity contribution in [1.29, 1.82) is 0 Å². The summed E-state index contributed by atoms with van der Waals surface area (Å²) in [6.45, 7) is 0.829. The molecule has 1 N–H and O–H groups in total. The Morgan fingerprint density at radius 2 is 2.07 bits per heavy atom. The first-order valence-electron chi connectivity index (χ1n) is 4.86. The predicted octanol–water partition coefficient (Wildman–Crippen LogP) is 1.78. The summed E-state index contributed by atoms with van der Waals surface area (Å²) in [6.07, 6.45) is -4.09. The summed E-state index contributed by atoms with van der Waals surface area (Å²) >= 11 is 0. The fourth-order valence-corrected chi connectivity index (χ4v) is 1.83. The third-order valence-corrected chi connectivity index (χ3v) is 2.79. The first kappa shape index (κ1) is 11.8. The first-order chi connectivity index (χ1) is 6.41. The monoisotopic (exact) mass is 211 g/mol. The molecule has 1 fully saturated rings. The smallest absolute Gasteiger partial charge is 0.384 e. The van der Waals surface area contributed by atoms with E-state index in [2.05, 4.69) is 0 Å². The minimum atomic E-state index is -4.47. The Bertz CT molecular complexity index is 183. The summed E-state index contributed by atoms with van der Waals surface area (Å²) in [4.78, 5) is 1.90. The average molecular weight is 211 g/mol. The molecule has 1 aliphatic rings. The van der Waals surface area contributed by atoms with Crippen LogP contribution in [0.25, 0.3) is 0 Å². The molecule has 0 aromatic carbocycles. The lowest BCUT2D eigenvalue weighted by Gasteiger charge is -2.34. The van der Waals surface area contributed by atoms with Crippen LogP contribution < -0.4 is 0 Å². The SMILES string of the molecule is CN1CCCCC1CC(O)C(F)(F)F. The van der Waals surface area contributed by atoms with Crippen molar-refractivity contribution >= 4 is 0 Å². The molecular weight excluding hydrogens is 195 g/mol. The zero-order valence-electron chi connectivity index (χ0n) is 8.22. The summed E-state index contributed by atoms with van der Waals surface area (Å²) in [5, 5.41) is 8.90. The van der Waals surface area contributed by atoms with Crippen LogP contribution in [0, 0.1) is 0 Å². The van der Waals surface area contributed by atoms with Crippen LogP contribution in [0.4, 0.5) is 13.2 Å². The summed E-state index contributed by atoms with van der Waals surface area (Å²) in [5.41, 5.74) is 0. The second-order valence-corrected chi connectivity index (χ2v) is 3.92. The third kappa shape index (κ3) is 3.13. The van der Waals surface area contributed by atoms with Crippen LogP contribution in [0.3, 0.4) is 0 Å². The van der Waals surface area contributed by atoms with Gasteiger partial charge in [0.2, 0.25) is 0 Å². The van der Waals surface area contributed by atoms with Crippen molar-refractivity contribution in [3.63, 3.8) is 0 Å². The van der Waals surface area contributed by atoms with Crippen molar-refractivity contribution in [3.8, 4) is 0 Å². The van der Waals surface area contributed by atoms with Crippen molar-refractivity contribution in [2.75, 3.05) is 13.6 Å². The number of piperidine rings is 1. The van der Waals surface area contributed by atoms with Crippen molar-refractivity contribution in [3.05, 3.63) is 0 Å². The maximum absolute atomic E-state index is 12.1. The van der Waals surface area contributed by atoms with Gasteiger partial charge in [0.05, 0.1) is 0 Å². The van der Waals surface area contributed by atoms with Gasteiger partial charge >= 0.3 is 6.18 Å². The number of alkyl halides is 3. The average Bonchev–Trinajstić information content (AvgIpc) is 2.07. The highest BCUT2D eigenvalue weighted by Crippen LogP contribution is 2.27. The second kappa shape index (κ2) is 4.49. The summed E-state index contributed by atoms with van der Waals surface area (Å²) in [5.74, 6) is 0. The molecule has 0 radical (unpaired) electrons. The van der Waals surface area contributed by atoms with E-state index in [-0.39, 0.29) is 12.5 Å². The number of likely N-dealkylation sites (tertiary alicyclic amines) is 1. The van der Waals surface area contributed by atoms with Gasteiger partial charge in [-0.2, -0.15) is 13.2 Å². The zero-order chi connectivity index (χ0) is 10.8. The molecule has 0 aliphatic carbocycles. The van der Waals surface area contributed by atoms with Gasteiger partial charge in [0.15, 0.2) is 6.10 Å². The molecule has 5 heteroatoms. The van der Waals surface area contributed by atoms with Gasteiger partial charge < -0.3 is 10.0 Å². The van der Waals surface area contributed by atoms with E-state index in [0.29, 0.717) is 0 Å². The molecular formula is C9H16F3NO. The quantitative estimate of drug-likeness (QED) is 0.752. The molecule has 0 spiro atoms. The molecule has 1 rings (SSSR count). The van der Waals surface area contributed by atoms with E-state index in [4.69, 9.17) is 5.11 Å². The summed E-state index contributed by atoms with van der Waals surface area (Å²) < 4.78 is 36.2. The molecule has 2 atom stereocenters. The van der Waals surface area contributed by atoms with Gasteiger partial charge in [0, 0.05) is 6.04 Å². The molecule has 2 unspecified atom stereocenters. The summed E-state index contributed by atoms with van der Waals surface area (Å²) in [6, 6.07) is -0.125. The standard InChI is InChI=1S/C9H16F3NO/c1-13-5-3-2-4-7(13)6-8(14)9(10,11)12/h7-8,14H,2-6H2,1H3. The molecule has 0 bridgehead atoms.